The fraction of sp³-hybridized carbons (Fsp3) is 0.774. The predicted octanol–water partition coefficient (Wildman–Crippen LogP) is 3.78. The molecule has 2 atom stereocenters. The largest absolute Gasteiger partial charge is 0.480 e. The molecule has 0 radical (unpaired) electrons. The number of imidazole rings is 1. The minimum Gasteiger partial charge on any atom is -0.480 e. The second-order valence-electron chi connectivity index (χ2n) is 11.2. The van der Waals surface area contributed by atoms with Gasteiger partial charge in [0.1, 0.15) is 17.9 Å². The summed E-state index contributed by atoms with van der Waals surface area (Å²) in [6, 6.07) is -2.08. The first-order chi connectivity index (χ1) is 20.4. The van der Waals surface area contributed by atoms with Crippen LogP contribution in [0.5, 0.6) is 0 Å². The van der Waals surface area contributed by atoms with E-state index in [9.17, 15) is 24.3 Å². The zero-order valence-corrected chi connectivity index (χ0v) is 25.8. The molecule has 7 N–H and O–H groups in total. The third-order valence-corrected chi connectivity index (χ3v) is 7.36. The van der Waals surface area contributed by atoms with Crippen LogP contribution in [0.15, 0.2) is 12.5 Å². The van der Waals surface area contributed by atoms with Crippen molar-refractivity contribution < 1.29 is 24.3 Å². The SMILES string of the molecule is CCCCCCCCCCCCCCCC(=O)CNCC(=O)N[C@@H](Cc1cnc[nH]1)C(=O)N[C@@H](CCCCN)C(=O)O. The molecule has 1 aromatic rings. The van der Waals surface area contributed by atoms with Crippen LogP contribution in [0.4, 0.5) is 0 Å². The molecular formula is C31H56N6O5. The fourth-order valence-electron chi connectivity index (χ4n) is 4.84. The van der Waals surface area contributed by atoms with Crippen LogP contribution in [-0.2, 0) is 25.6 Å². The van der Waals surface area contributed by atoms with E-state index in [2.05, 4.69) is 32.8 Å². The molecule has 0 bridgehead atoms. The number of carbonyl (C=O) groups is 4. The second kappa shape index (κ2) is 24.8. The number of Topliss-reactive ketones (excluding diaryl/α,β-unsaturated/α-hetero) is 1. The van der Waals surface area contributed by atoms with E-state index in [0.717, 1.165) is 19.3 Å². The van der Waals surface area contributed by atoms with Gasteiger partial charge >= 0.3 is 5.97 Å². The van der Waals surface area contributed by atoms with Crippen LogP contribution < -0.4 is 21.7 Å². The summed E-state index contributed by atoms with van der Waals surface area (Å²) in [6.45, 7) is 2.64. The summed E-state index contributed by atoms with van der Waals surface area (Å²) in [6.07, 6.45) is 21.3. The number of hydrogen-bond acceptors (Lipinski definition) is 7. The van der Waals surface area contributed by atoms with Crippen molar-refractivity contribution in [3.8, 4) is 0 Å². The molecule has 11 heteroatoms. The highest BCUT2D eigenvalue weighted by Gasteiger charge is 2.27. The molecule has 0 spiro atoms. The summed E-state index contributed by atoms with van der Waals surface area (Å²) in [4.78, 5) is 56.1. The smallest absolute Gasteiger partial charge is 0.326 e. The molecule has 1 aromatic heterocycles. The van der Waals surface area contributed by atoms with Crippen molar-refractivity contribution in [3.63, 3.8) is 0 Å². The van der Waals surface area contributed by atoms with Gasteiger partial charge in [0.25, 0.3) is 0 Å². The molecule has 0 fully saturated rings. The molecule has 0 aromatic carbocycles. The Morgan fingerprint density at radius 1 is 0.833 bits per heavy atom. The first-order valence-corrected chi connectivity index (χ1v) is 16.1. The first-order valence-electron chi connectivity index (χ1n) is 16.1. The van der Waals surface area contributed by atoms with Crippen LogP contribution in [0.2, 0.25) is 0 Å². The van der Waals surface area contributed by atoms with E-state index in [-0.39, 0.29) is 31.7 Å². The van der Waals surface area contributed by atoms with Crippen molar-refractivity contribution in [1.82, 2.24) is 25.9 Å². The molecule has 2 amide bonds. The number of nitrogens with zero attached hydrogens (tertiary/aromatic N) is 1. The lowest BCUT2D eigenvalue weighted by molar-refractivity contribution is -0.142. The molecule has 0 unspecified atom stereocenters. The maximum Gasteiger partial charge on any atom is 0.326 e. The van der Waals surface area contributed by atoms with Crippen LogP contribution in [0, 0.1) is 0 Å². The number of nitrogens with two attached hydrogens (primary N) is 1. The van der Waals surface area contributed by atoms with Crippen molar-refractivity contribution in [2.24, 2.45) is 5.73 Å². The lowest BCUT2D eigenvalue weighted by Gasteiger charge is -2.21. The zero-order valence-electron chi connectivity index (χ0n) is 25.8. The standard InChI is InChI=1S/C31H56N6O5/c1-2-3-4-5-6-7-8-9-10-11-12-13-14-17-26(38)22-33-23-29(39)36-28(20-25-21-34-24-35-25)30(40)37-27(31(41)42)18-15-16-19-32/h21,24,27-28,33H,2-20,22-23,32H2,1H3,(H,34,35)(H,36,39)(H,37,40)(H,41,42)/t27-,28-/m0/s1. The van der Waals surface area contributed by atoms with Crippen LogP contribution in [-0.4, -0.2) is 70.4 Å². The van der Waals surface area contributed by atoms with Crippen LogP contribution in [0.1, 0.15) is 122 Å². The average molecular weight is 593 g/mol. The topological polar surface area (TPSA) is 179 Å². The number of nitrogens with one attached hydrogen (secondary N) is 4. The fourth-order valence-corrected chi connectivity index (χ4v) is 4.84. The highest BCUT2D eigenvalue weighted by molar-refractivity contribution is 5.91. The molecule has 0 aliphatic carbocycles. The molecule has 1 rings (SSSR count). The zero-order chi connectivity index (χ0) is 30.8. The number of carbonyl (C=O) groups excluding carboxylic acids is 3. The first kappa shape index (κ1) is 37.2. The van der Waals surface area contributed by atoms with Crippen molar-refractivity contribution in [2.75, 3.05) is 19.6 Å². The lowest BCUT2D eigenvalue weighted by atomic mass is 10.0. The van der Waals surface area contributed by atoms with Gasteiger partial charge in [0.2, 0.25) is 11.8 Å². The number of aliphatic carboxylic acids is 1. The van der Waals surface area contributed by atoms with Gasteiger partial charge in [0, 0.05) is 24.7 Å². The minimum absolute atomic E-state index is 0.0550. The number of rotatable bonds is 28. The number of aromatic nitrogens is 2. The molecule has 11 nitrogen and oxygen atoms in total. The van der Waals surface area contributed by atoms with Gasteiger partial charge in [-0.25, -0.2) is 9.78 Å². The summed E-state index contributed by atoms with van der Waals surface area (Å²) in [5.74, 6) is -2.15. The molecular weight excluding hydrogens is 536 g/mol. The Hall–Kier alpha value is -2.79. The lowest BCUT2D eigenvalue weighted by Crippen LogP contribution is -2.53. The molecule has 0 saturated heterocycles. The Morgan fingerprint density at radius 3 is 2.00 bits per heavy atom. The monoisotopic (exact) mass is 592 g/mol. The normalized spacial score (nSPS) is 12.5. The van der Waals surface area contributed by atoms with Crippen molar-refractivity contribution in [2.45, 2.75) is 135 Å². The number of H-pyrrole nitrogens is 1. The van der Waals surface area contributed by atoms with Crippen LogP contribution in [0.3, 0.4) is 0 Å². The number of carboxylic acids is 1. The molecule has 0 aliphatic rings. The van der Waals surface area contributed by atoms with E-state index >= 15 is 0 Å². The van der Waals surface area contributed by atoms with Gasteiger partial charge in [0.05, 0.1) is 19.4 Å². The third-order valence-electron chi connectivity index (χ3n) is 7.36. The number of unbranched alkanes of at least 4 members (excludes halogenated alkanes) is 13. The highest BCUT2D eigenvalue weighted by atomic mass is 16.4. The van der Waals surface area contributed by atoms with E-state index in [0.29, 0.717) is 31.5 Å². The molecule has 240 valence electrons. The van der Waals surface area contributed by atoms with Gasteiger partial charge in [-0.2, -0.15) is 0 Å². The number of aromatic amines is 1. The van der Waals surface area contributed by atoms with Crippen molar-refractivity contribution >= 4 is 23.6 Å². The Labute approximate surface area is 252 Å². The second-order valence-corrected chi connectivity index (χ2v) is 11.2. The summed E-state index contributed by atoms with van der Waals surface area (Å²) in [5, 5.41) is 17.5. The molecule has 1 heterocycles. The van der Waals surface area contributed by atoms with Crippen LogP contribution in [0.25, 0.3) is 0 Å². The van der Waals surface area contributed by atoms with E-state index in [1.165, 1.54) is 76.7 Å². The maximum atomic E-state index is 12.9. The van der Waals surface area contributed by atoms with E-state index < -0.39 is 29.9 Å². The van der Waals surface area contributed by atoms with Crippen molar-refractivity contribution in [1.29, 1.82) is 0 Å². The Bertz CT molecular complexity index is 864. The summed E-state index contributed by atoms with van der Waals surface area (Å²) < 4.78 is 0. The number of hydrogen-bond donors (Lipinski definition) is 6. The van der Waals surface area contributed by atoms with Gasteiger partial charge in [-0.05, 0) is 32.2 Å². The van der Waals surface area contributed by atoms with Gasteiger partial charge in [0.15, 0.2) is 0 Å². The summed E-state index contributed by atoms with van der Waals surface area (Å²) in [7, 11) is 0. The third kappa shape index (κ3) is 19.4. The molecule has 42 heavy (non-hydrogen) atoms. The predicted molar refractivity (Wildman–Crippen MR) is 165 cm³/mol. The van der Waals surface area contributed by atoms with Gasteiger partial charge in [-0.3, -0.25) is 14.4 Å². The number of amides is 2. The van der Waals surface area contributed by atoms with E-state index in [1.807, 2.05) is 0 Å². The number of carboxylic acid groups (broad SMARTS) is 1. The summed E-state index contributed by atoms with van der Waals surface area (Å²) in [5.41, 5.74) is 6.10. The maximum absolute atomic E-state index is 12.9. The summed E-state index contributed by atoms with van der Waals surface area (Å²) >= 11 is 0. The Morgan fingerprint density at radius 2 is 1.45 bits per heavy atom. The average Bonchev–Trinajstić information content (AvgIpc) is 3.47. The van der Waals surface area contributed by atoms with E-state index in [1.54, 1.807) is 0 Å². The molecule has 0 saturated carbocycles. The van der Waals surface area contributed by atoms with Gasteiger partial charge < -0.3 is 31.8 Å². The van der Waals surface area contributed by atoms with Gasteiger partial charge in [-0.15, -0.1) is 0 Å². The van der Waals surface area contributed by atoms with E-state index in [4.69, 9.17) is 5.73 Å². The molecule has 0 aliphatic heterocycles. The van der Waals surface area contributed by atoms with Gasteiger partial charge in [-0.1, -0.05) is 84.0 Å². The van der Waals surface area contributed by atoms with Crippen molar-refractivity contribution in [3.05, 3.63) is 18.2 Å². The van der Waals surface area contributed by atoms with Crippen LogP contribution >= 0.6 is 0 Å². The Balaban J connectivity index is 2.27. The highest BCUT2D eigenvalue weighted by Crippen LogP contribution is 2.13. The minimum atomic E-state index is -1.14. The Kier molecular flexibility index (Phi) is 22.0. The number of ketones is 1. The quantitative estimate of drug-likeness (QED) is 0.0796.